The third-order valence-corrected chi connectivity index (χ3v) is 3.94. The molecule has 0 aliphatic carbocycles. The third kappa shape index (κ3) is 4.36. The van der Waals surface area contributed by atoms with Crippen LogP contribution < -0.4 is 15.4 Å². The van der Waals surface area contributed by atoms with Crippen molar-refractivity contribution in [2.75, 3.05) is 12.4 Å². The molecule has 132 valence electrons. The highest BCUT2D eigenvalue weighted by Gasteiger charge is 2.09. The van der Waals surface area contributed by atoms with E-state index in [1.54, 1.807) is 19.4 Å². The van der Waals surface area contributed by atoms with Gasteiger partial charge in [-0.15, -0.1) is 0 Å². The van der Waals surface area contributed by atoms with Crippen molar-refractivity contribution in [1.82, 2.24) is 15.3 Å². The molecule has 0 fully saturated rings. The number of benzene rings is 2. The van der Waals surface area contributed by atoms with E-state index in [4.69, 9.17) is 4.74 Å². The summed E-state index contributed by atoms with van der Waals surface area (Å²) in [5, 5.41) is 5.96. The first-order valence-corrected chi connectivity index (χ1v) is 8.22. The quantitative estimate of drug-likeness (QED) is 0.713. The Bertz CT molecular complexity index is 894. The molecule has 0 bridgehead atoms. The molecule has 6 heteroatoms. The minimum Gasteiger partial charge on any atom is -0.497 e. The number of methoxy groups -OCH3 is 1. The van der Waals surface area contributed by atoms with Gasteiger partial charge in [0.25, 0.3) is 5.91 Å². The van der Waals surface area contributed by atoms with Gasteiger partial charge in [-0.2, -0.15) is 0 Å². The molecule has 6 nitrogen and oxygen atoms in total. The number of aryl methyl sites for hydroxylation is 1. The number of rotatable bonds is 6. The molecule has 0 aliphatic rings. The van der Waals surface area contributed by atoms with E-state index in [9.17, 15) is 4.79 Å². The molecule has 3 aromatic rings. The Morgan fingerprint density at radius 2 is 1.85 bits per heavy atom. The van der Waals surface area contributed by atoms with E-state index in [0.717, 1.165) is 22.6 Å². The van der Waals surface area contributed by atoms with Gasteiger partial charge in [0, 0.05) is 18.4 Å². The zero-order valence-corrected chi connectivity index (χ0v) is 14.7. The number of nitrogens with zero attached hydrogens (tertiary/aromatic N) is 2. The summed E-state index contributed by atoms with van der Waals surface area (Å²) < 4.78 is 5.13. The molecule has 2 N–H and O–H groups in total. The fourth-order valence-corrected chi connectivity index (χ4v) is 2.42. The standard InChI is InChI=1S/C20H20N4O2/c1-14-5-3-4-6-15(14)13-22-19(25)18-11-12-21-20(24-18)23-16-7-9-17(26-2)10-8-16/h3-12H,13H2,1-2H3,(H,22,25)(H,21,23,24). The zero-order chi connectivity index (χ0) is 18.4. The first kappa shape index (κ1) is 17.4. The van der Waals surface area contributed by atoms with Crippen LogP contribution in [-0.2, 0) is 6.54 Å². The van der Waals surface area contributed by atoms with E-state index < -0.39 is 0 Å². The Labute approximate surface area is 152 Å². The molecule has 0 saturated heterocycles. The summed E-state index contributed by atoms with van der Waals surface area (Å²) in [5.41, 5.74) is 3.33. The van der Waals surface area contributed by atoms with Crippen molar-refractivity contribution in [3.05, 3.63) is 77.6 Å². The van der Waals surface area contributed by atoms with Crippen LogP contribution in [0.15, 0.2) is 60.8 Å². The number of hydrogen-bond donors (Lipinski definition) is 2. The lowest BCUT2D eigenvalue weighted by molar-refractivity contribution is 0.0946. The first-order valence-electron chi connectivity index (χ1n) is 8.22. The number of anilines is 2. The van der Waals surface area contributed by atoms with Crippen LogP contribution in [0.1, 0.15) is 21.6 Å². The number of aromatic nitrogens is 2. The van der Waals surface area contributed by atoms with Crippen molar-refractivity contribution in [3.8, 4) is 5.75 Å². The molecule has 3 rings (SSSR count). The highest BCUT2D eigenvalue weighted by atomic mass is 16.5. The van der Waals surface area contributed by atoms with E-state index in [2.05, 4.69) is 20.6 Å². The van der Waals surface area contributed by atoms with Crippen LogP contribution in [0, 0.1) is 6.92 Å². The van der Waals surface area contributed by atoms with E-state index in [1.165, 1.54) is 0 Å². The molecule has 0 aliphatic heterocycles. The minimum atomic E-state index is -0.242. The minimum absolute atomic E-state index is 0.242. The van der Waals surface area contributed by atoms with Crippen LogP contribution in [-0.4, -0.2) is 23.0 Å². The van der Waals surface area contributed by atoms with Crippen LogP contribution in [0.25, 0.3) is 0 Å². The second-order valence-corrected chi connectivity index (χ2v) is 5.73. The average Bonchev–Trinajstić information content (AvgIpc) is 2.68. The highest BCUT2D eigenvalue weighted by Crippen LogP contribution is 2.17. The molecule has 26 heavy (non-hydrogen) atoms. The second kappa shape index (κ2) is 8.11. The monoisotopic (exact) mass is 348 g/mol. The maximum atomic E-state index is 12.4. The predicted octanol–water partition coefficient (Wildman–Crippen LogP) is 3.47. The molecule has 0 radical (unpaired) electrons. The van der Waals surface area contributed by atoms with Gasteiger partial charge >= 0.3 is 0 Å². The predicted molar refractivity (Wildman–Crippen MR) is 101 cm³/mol. The maximum absolute atomic E-state index is 12.4. The van der Waals surface area contributed by atoms with Gasteiger partial charge in [-0.1, -0.05) is 24.3 Å². The molecule has 0 spiro atoms. The Kier molecular flexibility index (Phi) is 5.43. The van der Waals surface area contributed by atoms with Crippen molar-refractivity contribution >= 4 is 17.5 Å². The lowest BCUT2D eigenvalue weighted by Gasteiger charge is -2.09. The molecule has 0 atom stereocenters. The zero-order valence-electron chi connectivity index (χ0n) is 14.7. The van der Waals surface area contributed by atoms with Gasteiger partial charge in [-0.25, -0.2) is 9.97 Å². The van der Waals surface area contributed by atoms with Gasteiger partial charge in [0.05, 0.1) is 7.11 Å². The van der Waals surface area contributed by atoms with Gasteiger partial charge in [-0.3, -0.25) is 4.79 Å². The summed E-state index contributed by atoms with van der Waals surface area (Å²) in [6.07, 6.45) is 1.56. The lowest BCUT2D eigenvalue weighted by atomic mass is 10.1. The molecule has 0 saturated carbocycles. The average molecular weight is 348 g/mol. The van der Waals surface area contributed by atoms with Crippen LogP contribution in [0.3, 0.4) is 0 Å². The van der Waals surface area contributed by atoms with Crippen molar-refractivity contribution < 1.29 is 9.53 Å². The van der Waals surface area contributed by atoms with Crippen molar-refractivity contribution in [3.63, 3.8) is 0 Å². The largest absolute Gasteiger partial charge is 0.497 e. The van der Waals surface area contributed by atoms with Crippen LogP contribution in [0.5, 0.6) is 5.75 Å². The van der Waals surface area contributed by atoms with Crippen LogP contribution in [0.2, 0.25) is 0 Å². The summed E-state index contributed by atoms with van der Waals surface area (Å²) in [5.74, 6) is 0.882. The molecule has 2 aromatic carbocycles. The number of amides is 1. The number of ether oxygens (including phenoxy) is 1. The summed E-state index contributed by atoms with van der Waals surface area (Å²) in [4.78, 5) is 20.8. The van der Waals surface area contributed by atoms with E-state index in [0.29, 0.717) is 18.2 Å². The van der Waals surface area contributed by atoms with E-state index in [-0.39, 0.29) is 5.91 Å². The molecular weight excluding hydrogens is 328 g/mol. The van der Waals surface area contributed by atoms with Gasteiger partial charge in [0.2, 0.25) is 5.95 Å². The van der Waals surface area contributed by atoms with Gasteiger partial charge in [-0.05, 0) is 48.4 Å². The fourth-order valence-electron chi connectivity index (χ4n) is 2.42. The Hall–Kier alpha value is -3.41. The fraction of sp³-hybridized carbons (Fsp3) is 0.150. The normalized spacial score (nSPS) is 10.2. The smallest absolute Gasteiger partial charge is 0.270 e. The number of carbonyl (C=O) groups excluding carboxylic acids is 1. The summed E-state index contributed by atoms with van der Waals surface area (Å²) in [6, 6.07) is 16.9. The molecular formula is C20H20N4O2. The number of carbonyl (C=O) groups is 1. The van der Waals surface area contributed by atoms with E-state index in [1.807, 2.05) is 55.5 Å². The Morgan fingerprint density at radius 1 is 1.08 bits per heavy atom. The number of hydrogen-bond acceptors (Lipinski definition) is 5. The highest BCUT2D eigenvalue weighted by molar-refractivity contribution is 5.92. The molecule has 1 amide bonds. The molecule has 0 unspecified atom stereocenters. The Morgan fingerprint density at radius 3 is 2.58 bits per heavy atom. The van der Waals surface area contributed by atoms with Crippen molar-refractivity contribution in [2.45, 2.75) is 13.5 Å². The first-order chi connectivity index (χ1) is 12.7. The van der Waals surface area contributed by atoms with Gasteiger partial charge in [0.1, 0.15) is 11.4 Å². The topological polar surface area (TPSA) is 76.1 Å². The number of nitrogens with one attached hydrogen (secondary N) is 2. The molecule has 1 aromatic heterocycles. The van der Waals surface area contributed by atoms with Crippen molar-refractivity contribution in [1.29, 1.82) is 0 Å². The van der Waals surface area contributed by atoms with Crippen LogP contribution in [0.4, 0.5) is 11.6 Å². The SMILES string of the molecule is COc1ccc(Nc2nccc(C(=O)NCc3ccccc3C)n2)cc1. The lowest BCUT2D eigenvalue weighted by Crippen LogP contribution is -2.24. The van der Waals surface area contributed by atoms with Crippen LogP contribution >= 0.6 is 0 Å². The summed E-state index contributed by atoms with van der Waals surface area (Å²) in [7, 11) is 1.62. The molecule has 1 heterocycles. The second-order valence-electron chi connectivity index (χ2n) is 5.73. The Balaban J connectivity index is 1.66. The third-order valence-electron chi connectivity index (χ3n) is 3.94. The van der Waals surface area contributed by atoms with Crippen molar-refractivity contribution in [2.24, 2.45) is 0 Å². The van der Waals surface area contributed by atoms with E-state index >= 15 is 0 Å². The summed E-state index contributed by atoms with van der Waals surface area (Å²) in [6.45, 7) is 2.47. The van der Waals surface area contributed by atoms with Gasteiger partial charge in [0.15, 0.2) is 0 Å². The summed E-state index contributed by atoms with van der Waals surface area (Å²) >= 11 is 0. The maximum Gasteiger partial charge on any atom is 0.270 e. The van der Waals surface area contributed by atoms with Gasteiger partial charge < -0.3 is 15.4 Å².